The summed E-state index contributed by atoms with van der Waals surface area (Å²) >= 11 is 4.83. The van der Waals surface area contributed by atoms with Gasteiger partial charge in [-0.1, -0.05) is 24.4 Å². The van der Waals surface area contributed by atoms with Crippen LogP contribution < -0.4 is 11.1 Å². The first-order chi connectivity index (χ1) is 8.66. The summed E-state index contributed by atoms with van der Waals surface area (Å²) in [4.78, 5) is 12.2. The lowest BCUT2D eigenvalue weighted by Crippen LogP contribution is -2.14. The second-order valence-corrected chi connectivity index (χ2v) is 3.94. The van der Waals surface area contributed by atoms with E-state index in [2.05, 4.69) is 15.5 Å². The van der Waals surface area contributed by atoms with E-state index in [0.717, 1.165) is 5.56 Å². The van der Waals surface area contributed by atoms with Gasteiger partial charge in [-0.2, -0.15) is 5.10 Å². The summed E-state index contributed by atoms with van der Waals surface area (Å²) < 4.78 is 0. The van der Waals surface area contributed by atoms with Crippen molar-refractivity contribution in [2.24, 2.45) is 5.73 Å². The van der Waals surface area contributed by atoms with Gasteiger partial charge in [0.2, 0.25) is 0 Å². The van der Waals surface area contributed by atoms with Gasteiger partial charge in [0.25, 0.3) is 5.91 Å². The van der Waals surface area contributed by atoms with Crippen molar-refractivity contribution >= 4 is 28.9 Å². The molecule has 1 amide bonds. The molecule has 0 aliphatic rings. The molecule has 0 unspecified atom stereocenters. The van der Waals surface area contributed by atoms with E-state index in [1.165, 1.54) is 6.20 Å². The molecule has 0 atom stereocenters. The average Bonchev–Trinajstić information content (AvgIpc) is 2.40. The SMILES string of the molecule is NC(=S)c1ccc(C(=O)Nc2cccnn2)cc1. The fourth-order valence-electron chi connectivity index (χ4n) is 1.34. The van der Waals surface area contributed by atoms with Crippen molar-refractivity contribution in [2.75, 3.05) is 5.32 Å². The molecule has 2 aromatic rings. The monoisotopic (exact) mass is 258 g/mol. The second-order valence-electron chi connectivity index (χ2n) is 3.50. The van der Waals surface area contributed by atoms with E-state index in [4.69, 9.17) is 18.0 Å². The zero-order valence-electron chi connectivity index (χ0n) is 9.33. The number of aromatic nitrogens is 2. The summed E-state index contributed by atoms with van der Waals surface area (Å²) in [7, 11) is 0. The lowest BCUT2D eigenvalue weighted by Gasteiger charge is -2.04. The molecular formula is C12H10N4OS. The molecule has 1 heterocycles. The Labute approximate surface area is 109 Å². The number of carbonyl (C=O) groups excluding carboxylic acids is 1. The zero-order chi connectivity index (χ0) is 13.0. The lowest BCUT2D eigenvalue weighted by atomic mass is 10.1. The fraction of sp³-hybridized carbons (Fsp3) is 0. The Bertz CT molecular complexity index is 568. The number of hydrogen-bond acceptors (Lipinski definition) is 4. The van der Waals surface area contributed by atoms with Gasteiger partial charge in [0.1, 0.15) is 4.99 Å². The predicted octanol–water partition coefficient (Wildman–Crippen LogP) is 1.36. The molecule has 2 rings (SSSR count). The minimum Gasteiger partial charge on any atom is -0.389 e. The number of nitrogens with zero attached hydrogens (tertiary/aromatic N) is 2. The summed E-state index contributed by atoms with van der Waals surface area (Å²) in [5.41, 5.74) is 6.70. The lowest BCUT2D eigenvalue weighted by molar-refractivity contribution is 0.102. The number of rotatable bonds is 3. The van der Waals surface area contributed by atoms with Crippen LogP contribution in [0.25, 0.3) is 0 Å². The van der Waals surface area contributed by atoms with Crippen LogP contribution in [0.2, 0.25) is 0 Å². The fourth-order valence-corrected chi connectivity index (χ4v) is 1.48. The van der Waals surface area contributed by atoms with Gasteiger partial charge in [0.15, 0.2) is 5.82 Å². The van der Waals surface area contributed by atoms with E-state index in [-0.39, 0.29) is 5.91 Å². The minimum atomic E-state index is -0.259. The first-order valence-corrected chi connectivity index (χ1v) is 5.56. The summed E-state index contributed by atoms with van der Waals surface area (Å²) in [6.07, 6.45) is 1.53. The van der Waals surface area contributed by atoms with Gasteiger partial charge in [-0.15, -0.1) is 5.10 Å². The van der Waals surface area contributed by atoms with Gasteiger partial charge in [-0.25, -0.2) is 0 Å². The molecule has 18 heavy (non-hydrogen) atoms. The highest BCUT2D eigenvalue weighted by Gasteiger charge is 2.07. The first-order valence-electron chi connectivity index (χ1n) is 5.16. The first kappa shape index (κ1) is 12.1. The number of anilines is 1. The van der Waals surface area contributed by atoms with Gasteiger partial charge in [0, 0.05) is 17.3 Å². The van der Waals surface area contributed by atoms with Crippen molar-refractivity contribution in [1.29, 1.82) is 0 Å². The largest absolute Gasteiger partial charge is 0.389 e. The molecular weight excluding hydrogens is 248 g/mol. The number of carbonyl (C=O) groups is 1. The molecule has 0 aliphatic heterocycles. The Kier molecular flexibility index (Phi) is 3.59. The number of nitrogens with one attached hydrogen (secondary N) is 1. The van der Waals surface area contributed by atoms with Gasteiger partial charge >= 0.3 is 0 Å². The predicted molar refractivity (Wildman–Crippen MR) is 72.3 cm³/mol. The molecule has 6 heteroatoms. The van der Waals surface area contributed by atoms with E-state index in [1.54, 1.807) is 36.4 Å². The molecule has 0 spiro atoms. The van der Waals surface area contributed by atoms with Crippen LogP contribution in [-0.4, -0.2) is 21.1 Å². The van der Waals surface area contributed by atoms with Crippen molar-refractivity contribution in [3.05, 3.63) is 53.7 Å². The van der Waals surface area contributed by atoms with Crippen molar-refractivity contribution in [3.63, 3.8) is 0 Å². The van der Waals surface area contributed by atoms with Crippen molar-refractivity contribution in [3.8, 4) is 0 Å². The third kappa shape index (κ3) is 2.86. The van der Waals surface area contributed by atoms with Gasteiger partial charge in [0.05, 0.1) is 0 Å². The van der Waals surface area contributed by atoms with Crippen LogP contribution in [0.5, 0.6) is 0 Å². The third-order valence-electron chi connectivity index (χ3n) is 2.25. The molecule has 0 saturated carbocycles. The van der Waals surface area contributed by atoms with Gasteiger partial charge in [-0.05, 0) is 24.3 Å². The van der Waals surface area contributed by atoms with Crippen molar-refractivity contribution in [2.45, 2.75) is 0 Å². The molecule has 3 N–H and O–H groups in total. The van der Waals surface area contributed by atoms with Crippen LogP contribution in [0.4, 0.5) is 5.82 Å². The summed E-state index contributed by atoms with van der Waals surface area (Å²) in [5, 5.41) is 10.1. The average molecular weight is 258 g/mol. The molecule has 90 valence electrons. The Balaban J connectivity index is 2.12. The van der Waals surface area contributed by atoms with E-state index in [0.29, 0.717) is 16.4 Å². The second kappa shape index (κ2) is 5.33. The van der Waals surface area contributed by atoms with Crippen LogP contribution in [0, 0.1) is 0 Å². The maximum Gasteiger partial charge on any atom is 0.256 e. The third-order valence-corrected chi connectivity index (χ3v) is 2.48. The highest BCUT2D eigenvalue weighted by Crippen LogP contribution is 2.07. The highest BCUT2D eigenvalue weighted by atomic mass is 32.1. The normalized spacial score (nSPS) is 9.78. The minimum absolute atomic E-state index is 0.259. The smallest absolute Gasteiger partial charge is 0.256 e. The molecule has 0 radical (unpaired) electrons. The van der Waals surface area contributed by atoms with E-state index < -0.39 is 0 Å². The molecule has 5 nitrogen and oxygen atoms in total. The molecule has 0 aliphatic carbocycles. The Morgan fingerprint density at radius 3 is 2.39 bits per heavy atom. The van der Waals surface area contributed by atoms with Gasteiger partial charge < -0.3 is 11.1 Å². The maximum absolute atomic E-state index is 11.9. The Morgan fingerprint density at radius 1 is 1.17 bits per heavy atom. The quantitative estimate of drug-likeness (QED) is 0.812. The number of amides is 1. The van der Waals surface area contributed by atoms with Crippen molar-refractivity contribution < 1.29 is 4.79 Å². The van der Waals surface area contributed by atoms with Crippen LogP contribution in [0.1, 0.15) is 15.9 Å². The highest BCUT2D eigenvalue weighted by molar-refractivity contribution is 7.80. The molecule has 1 aromatic carbocycles. The standard InChI is InChI=1S/C12H10N4OS/c13-11(18)8-3-5-9(6-4-8)12(17)15-10-2-1-7-14-16-10/h1-7H,(H2,13,18)(H,15,16,17). The summed E-state index contributed by atoms with van der Waals surface area (Å²) in [6.45, 7) is 0. The van der Waals surface area contributed by atoms with E-state index in [9.17, 15) is 4.79 Å². The van der Waals surface area contributed by atoms with Gasteiger partial charge in [-0.3, -0.25) is 4.79 Å². The molecule has 1 aromatic heterocycles. The summed E-state index contributed by atoms with van der Waals surface area (Å²) in [5.74, 6) is 0.144. The Morgan fingerprint density at radius 2 is 1.83 bits per heavy atom. The number of thiocarbonyl (C=S) groups is 1. The molecule has 0 bridgehead atoms. The number of nitrogens with two attached hydrogens (primary N) is 1. The van der Waals surface area contributed by atoms with Crippen LogP contribution in [-0.2, 0) is 0 Å². The van der Waals surface area contributed by atoms with Crippen LogP contribution in [0.15, 0.2) is 42.6 Å². The number of benzene rings is 1. The zero-order valence-corrected chi connectivity index (χ0v) is 10.1. The van der Waals surface area contributed by atoms with Crippen LogP contribution in [0.3, 0.4) is 0 Å². The topological polar surface area (TPSA) is 80.9 Å². The van der Waals surface area contributed by atoms with E-state index >= 15 is 0 Å². The Hall–Kier alpha value is -2.34. The molecule has 0 saturated heterocycles. The molecule has 0 fully saturated rings. The van der Waals surface area contributed by atoms with E-state index in [1.807, 2.05) is 0 Å². The maximum atomic E-state index is 11.9. The number of hydrogen-bond donors (Lipinski definition) is 2. The van der Waals surface area contributed by atoms with Crippen molar-refractivity contribution in [1.82, 2.24) is 10.2 Å². The van der Waals surface area contributed by atoms with Crippen LogP contribution >= 0.6 is 12.2 Å². The summed E-state index contributed by atoms with van der Waals surface area (Å²) in [6, 6.07) is 10.1.